The van der Waals surface area contributed by atoms with Gasteiger partial charge in [-0.2, -0.15) is 0 Å². The van der Waals surface area contributed by atoms with Gasteiger partial charge in [-0.05, 0) is 31.7 Å². The summed E-state index contributed by atoms with van der Waals surface area (Å²) in [5, 5.41) is 3.59. The normalized spacial score (nSPS) is 16.7. The molecule has 2 heteroatoms. The minimum atomic E-state index is 0.329. The van der Waals surface area contributed by atoms with E-state index < -0.39 is 0 Å². The molecule has 1 aliphatic rings. The number of rotatable bonds is 6. The molecule has 1 unspecified atom stereocenters. The van der Waals surface area contributed by atoms with Crippen molar-refractivity contribution in [2.24, 2.45) is 5.92 Å². The van der Waals surface area contributed by atoms with Crippen LogP contribution in [0.4, 0.5) is 0 Å². The van der Waals surface area contributed by atoms with Gasteiger partial charge in [0.25, 0.3) is 0 Å². The maximum absolute atomic E-state index is 5.54. The van der Waals surface area contributed by atoms with Crippen LogP contribution in [0.15, 0.2) is 24.3 Å². The Morgan fingerprint density at radius 2 is 2.22 bits per heavy atom. The van der Waals surface area contributed by atoms with Crippen molar-refractivity contribution >= 4 is 0 Å². The molecule has 96 valence electrons. The molecule has 2 nitrogen and oxygen atoms in total. The first-order valence-electron chi connectivity index (χ1n) is 6.69. The molecule has 0 saturated heterocycles. The lowest BCUT2D eigenvalue weighted by atomic mass is 9.80. The Balaban J connectivity index is 1.89. The zero-order valence-corrected chi connectivity index (χ0v) is 11.0. The van der Waals surface area contributed by atoms with E-state index in [4.69, 9.17) is 11.2 Å². The van der Waals surface area contributed by atoms with Crippen LogP contribution in [-0.4, -0.2) is 12.6 Å². The van der Waals surface area contributed by atoms with Crippen molar-refractivity contribution in [3.05, 3.63) is 29.8 Å². The summed E-state index contributed by atoms with van der Waals surface area (Å²) in [4.78, 5) is 0. The van der Waals surface area contributed by atoms with Crippen LogP contribution in [0.25, 0.3) is 0 Å². The Bertz CT molecular complexity index is 417. The third kappa shape index (κ3) is 3.27. The summed E-state index contributed by atoms with van der Waals surface area (Å²) in [5.41, 5.74) is 1.18. The van der Waals surface area contributed by atoms with Gasteiger partial charge in [0.15, 0.2) is 0 Å². The van der Waals surface area contributed by atoms with Crippen LogP contribution in [0.1, 0.15) is 31.7 Å². The predicted octanol–water partition coefficient (Wildman–Crippen LogP) is 2.98. The second-order valence-electron chi connectivity index (χ2n) is 4.96. The predicted molar refractivity (Wildman–Crippen MR) is 74.4 cm³/mol. The average Bonchev–Trinajstić information content (AvgIpc) is 2.32. The van der Waals surface area contributed by atoms with E-state index in [2.05, 4.69) is 24.2 Å². The summed E-state index contributed by atoms with van der Waals surface area (Å²) in [5.74, 6) is 4.25. The van der Waals surface area contributed by atoms with E-state index in [1.54, 1.807) is 0 Å². The monoisotopic (exact) mass is 243 g/mol. The number of benzene rings is 1. The molecule has 0 radical (unpaired) electrons. The molecule has 18 heavy (non-hydrogen) atoms. The Kier molecular flexibility index (Phi) is 4.66. The number of terminal acetylenes is 1. The molecule has 0 amide bonds. The molecule has 0 aliphatic heterocycles. The van der Waals surface area contributed by atoms with E-state index in [1.807, 2.05) is 18.2 Å². The van der Waals surface area contributed by atoms with Gasteiger partial charge >= 0.3 is 0 Å². The van der Waals surface area contributed by atoms with E-state index in [1.165, 1.54) is 24.8 Å². The third-order valence-electron chi connectivity index (χ3n) is 3.76. The number of hydrogen-bond donors (Lipinski definition) is 1. The quantitative estimate of drug-likeness (QED) is 0.776. The Labute approximate surface area is 110 Å². The van der Waals surface area contributed by atoms with Crippen molar-refractivity contribution < 1.29 is 4.74 Å². The molecule has 2 rings (SSSR count). The molecule has 1 N–H and O–H groups in total. The molecular formula is C16H21NO. The molecular weight excluding hydrogens is 222 g/mol. The molecule has 0 aromatic heterocycles. The number of nitrogens with one attached hydrogen (secondary N) is 1. The second kappa shape index (κ2) is 6.47. The lowest BCUT2D eigenvalue weighted by Gasteiger charge is -2.32. The van der Waals surface area contributed by atoms with Gasteiger partial charge in [0.1, 0.15) is 12.4 Å². The van der Waals surface area contributed by atoms with E-state index in [0.717, 1.165) is 18.2 Å². The highest BCUT2D eigenvalue weighted by Gasteiger charge is 2.23. The first-order chi connectivity index (χ1) is 8.81. The maximum atomic E-state index is 5.54. The summed E-state index contributed by atoms with van der Waals surface area (Å²) in [6, 6.07) is 8.66. The Hall–Kier alpha value is -1.46. The van der Waals surface area contributed by atoms with Gasteiger partial charge in [0.05, 0.1) is 0 Å². The summed E-state index contributed by atoms with van der Waals surface area (Å²) in [7, 11) is 0. The summed E-state index contributed by atoms with van der Waals surface area (Å²) >= 11 is 0. The highest BCUT2D eigenvalue weighted by Crippen LogP contribution is 2.29. The van der Waals surface area contributed by atoms with Crippen LogP contribution >= 0.6 is 0 Å². The summed E-state index contributed by atoms with van der Waals surface area (Å²) < 4.78 is 5.54. The summed E-state index contributed by atoms with van der Waals surface area (Å²) in [6.07, 6.45) is 9.34. The highest BCUT2D eigenvalue weighted by atomic mass is 16.5. The van der Waals surface area contributed by atoms with Gasteiger partial charge in [-0.15, -0.1) is 6.42 Å². The fourth-order valence-electron chi connectivity index (χ4n) is 2.29. The minimum Gasteiger partial charge on any atom is -0.481 e. The van der Waals surface area contributed by atoms with Crippen molar-refractivity contribution in [2.45, 2.75) is 38.8 Å². The lowest BCUT2D eigenvalue weighted by Crippen LogP contribution is -2.36. The van der Waals surface area contributed by atoms with Crippen molar-refractivity contribution in [1.82, 2.24) is 5.32 Å². The van der Waals surface area contributed by atoms with Gasteiger partial charge in [-0.3, -0.25) is 0 Å². The van der Waals surface area contributed by atoms with Gasteiger partial charge in [0.2, 0.25) is 0 Å². The van der Waals surface area contributed by atoms with Crippen molar-refractivity contribution in [2.75, 3.05) is 6.61 Å². The summed E-state index contributed by atoms with van der Waals surface area (Å²) in [6.45, 7) is 3.45. The van der Waals surface area contributed by atoms with E-state index >= 15 is 0 Å². The topological polar surface area (TPSA) is 21.3 Å². The van der Waals surface area contributed by atoms with Crippen LogP contribution in [-0.2, 0) is 6.54 Å². The van der Waals surface area contributed by atoms with Crippen LogP contribution in [0.3, 0.4) is 0 Å². The van der Waals surface area contributed by atoms with Gasteiger partial charge in [0, 0.05) is 18.2 Å². The first-order valence-corrected chi connectivity index (χ1v) is 6.69. The zero-order chi connectivity index (χ0) is 12.8. The van der Waals surface area contributed by atoms with Gasteiger partial charge < -0.3 is 10.1 Å². The van der Waals surface area contributed by atoms with Crippen molar-refractivity contribution in [3.8, 4) is 18.1 Å². The standard InChI is InChI=1S/C16H21NO/c1-3-11-18-16-10-5-4-7-15(16)12-17-13(2)14-8-6-9-14/h1,4-5,7,10,13-14,17H,6,8-9,11-12H2,2H3. The molecule has 1 aromatic rings. The zero-order valence-electron chi connectivity index (χ0n) is 11.0. The van der Waals surface area contributed by atoms with E-state index in [0.29, 0.717) is 12.6 Å². The smallest absolute Gasteiger partial charge is 0.148 e. The van der Waals surface area contributed by atoms with Crippen LogP contribution in [0.2, 0.25) is 0 Å². The maximum Gasteiger partial charge on any atom is 0.148 e. The number of hydrogen-bond acceptors (Lipinski definition) is 2. The fourth-order valence-corrected chi connectivity index (χ4v) is 2.29. The Morgan fingerprint density at radius 1 is 1.44 bits per heavy atom. The molecule has 1 atom stereocenters. The third-order valence-corrected chi connectivity index (χ3v) is 3.76. The average molecular weight is 243 g/mol. The molecule has 0 spiro atoms. The number of ether oxygens (including phenoxy) is 1. The second-order valence-corrected chi connectivity index (χ2v) is 4.96. The molecule has 1 fully saturated rings. The Morgan fingerprint density at radius 3 is 2.89 bits per heavy atom. The van der Waals surface area contributed by atoms with E-state index in [-0.39, 0.29) is 0 Å². The van der Waals surface area contributed by atoms with Crippen molar-refractivity contribution in [3.63, 3.8) is 0 Å². The van der Waals surface area contributed by atoms with Crippen LogP contribution in [0, 0.1) is 18.3 Å². The number of para-hydroxylation sites is 1. The van der Waals surface area contributed by atoms with Gasteiger partial charge in [-0.1, -0.05) is 30.5 Å². The molecule has 1 saturated carbocycles. The highest BCUT2D eigenvalue weighted by molar-refractivity contribution is 5.33. The minimum absolute atomic E-state index is 0.329. The first kappa shape index (κ1) is 13.0. The van der Waals surface area contributed by atoms with E-state index in [9.17, 15) is 0 Å². The molecule has 0 heterocycles. The SMILES string of the molecule is C#CCOc1ccccc1CNC(C)C1CCC1. The van der Waals surface area contributed by atoms with Crippen LogP contribution in [0.5, 0.6) is 5.75 Å². The van der Waals surface area contributed by atoms with Crippen molar-refractivity contribution in [1.29, 1.82) is 0 Å². The van der Waals surface area contributed by atoms with Crippen LogP contribution < -0.4 is 10.1 Å². The molecule has 1 aromatic carbocycles. The largest absolute Gasteiger partial charge is 0.481 e. The molecule has 1 aliphatic carbocycles. The molecule has 0 bridgehead atoms. The fraction of sp³-hybridized carbons (Fsp3) is 0.500. The lowest BCUT2D eigenvalue weighted by molar-refractivity contribution is 0.239. The van der Waals surface area contributed by atoms with Gasteiger partial charge in [-0.25, -0.2) is 0 Å².